The average molecular weight is 296 g/mol. The van der Waals surface area contributed by atoms with E-state index in [0.29, 0.717) is 11.3 Å². The normalized spacial score (nSPS) is 10.3. The number of aryl methyl sites for hydroxylation is 1. The molecule has 22 heavy (non-hydrogen) atoms. The zero-order valence-corrected chi connectivity index (χ0v) is 13.2. The molecule has 0 atom stereocenters. The number of ether oxygens (including phenoxy) is 1. The lowest BCUT2D eigenvalue weighted by molar-refractivity contribution is -0.130. The van der Waals surface area contributed by atoms with Crippen LogP contribution in [0.5, 0.6) is 5.75 Å². The standard InChI is InChI=1S/C18H20N2O2/c1-5-6-14-16(22-18(21)12(2)3)8-10-20-17(14)15-11-13(4)7-9-19-15/h7-11H,2,5-6H2,1,3-4H3. The van der Waals surface area contributed by atoms with Gasteiger partial charge in [0.2, 0.25) is 0 Å². The maximum atomic E-state index is 11.8. The zero-order valence-electron chi connectivity index (χ0n) is 13.2. The van der Waals surface area contributed by atoms with Gasteiger partial charge in [-0.05, 0) is 44.0 Å². The Labute approximate surface area is 130 Å². The Kier molecular flexibility index (Phi) is 5.04. The molecule has 4 heteroatoms. The van der Waals surface area contributed by atoms with Crippen LogP contribution in [0.25, 0.3) is 11.4 Å². The Bertz CT molecular complexity index is 708. The van der Waals surface area contributed by atoms with Gasteiger partial charge >= 0.3 is 5.97 Å². The number of nitrogens with zero attached hydrogens (tertiary/aromatic N) is 2. The second-order valence-electron chi connectivity index (χ2n) is 5.27. The van der Waals surface area contributed by atoms with Gasteiger partial charge in [-0.2, -0.15) is 0 Å². The third-order valence-electron chi connectivity index (χ3n) is 3.22. The fraction of sp³-hybridized carbons (Fsp3) is 0.278. The first-order valence-electron chi connectivity index (χ1n) is 7.31. The van der Waals surface area contributed by atoms with Crippen molar-refractivity contribution in [2.24, 2.45) is 0 Å². The first kappa shape index (κ1) is 15.9. The number of pyridine rings is 2. The summed E-state index contributed by atoms with van der Waals surface area (Å²) >= 11 is 0. The Morgan fingerprint density at radius 2 is 2.00 bits per heavy atom. The van der Waals surface area contributed by atoms with Gasteiger partial charge in [0.05, 0.1) is 11.4 Å². The molecule has 2 heterocycles. The van der Waals surface area contributed by atoms with E-state index in [2.05, 4.69) is 23.5 Å². The van der Waals surface area contributed by atoms with Crippen LogP contribution in [0, 0.1) is 6.92 Å². The van der Waals surface area contributed by atoms with Gasteiger partial charge in [0.25, 0.3) is 0 Å². The molecule has 114 valence electrons. The van der Waals surface area contributed by atoms with Crippen molar-refractivity contribution in [3.8, 4) is 17.1 Å². The maximum Gasteiger partial charge on any atom is 0.338 e. The minimum absolute atomic E-state index is 0.370. The van der Waals surface area contributed by atoms with Gasteiger partial charge in [-0.1, -0.05) is 19.9 Å². The van der Waals surface area contributed by atoms with Gasteiger partial charge in [0, 0.05) is 23.5 Å². The minimum atomic E-state index is -0.424. The summed E-state index contributed by atoms with van der Waals surface area (Å²) in [5.74, 6) is 0.106. The molecule has 0 aliphatic carbocycles. The first-order chi connectivity index (χ1) is 10.5. The van der Waals surface area contributed by atoms with E-state index in [1.54, 1.807) is 25.4 Å². The van der Waals surface area contributed by atoms with Gasteiger partial charge in [0.1, 0.15) is 5.75 Å². The summed E-state index contributed by atoms with van der Waals surface area (Å²) in [4.78, 5) is 20.6. The van der Waals surface area contributed by atoms with Crippen LogP contribution in [0.15, 0.2) is 42.7 Å². The number of hydrogen-bond donors (Lipinski definition) is 0. The lowest BCUT2D eigenvalue weighted by Gasteiger charge is -2.13. The van der Waals surface area contributed by atoms with Crippen LogP contribution in [0.1, 0.15) is 31.4 Å². The summed E-state index contributed by atoms with van der Waals surface area (Å²) in [6.07, 6.45) is 5.08. The third-order valence-corrected chi connectivity index (χ3v) is 3.22. The second-order valence-corrected chi connectivity index (χ2v) is 5.27. The van der Waals surface area contributed by atoms with E-state index in [-0.39, 0.29) is 0 Å². The van der Waals surface area contributed by atoms with Crippen molar-refractivity contribution in [2.75, 3.05) is 0 Å². The molecule has 4 nitrogen and oxygen atoms in total. The van der Waals surface area contributed by atoms with Crippen molar-refractivity contribution in [1.82, 2.24) is 9.97 Å². The zero-order chi connectivity index (χ0) is 16.1. The highest BCUT2D eigenvalue weighted by molar-refractivity contribution is 5.89. The molecular formula is C18H20N2O2. The first-order valence-corrected chi connectivity index (χ1v) is 7.31. The van der Waals surface area contributed by atoms with E-state index in [0.717, 1.165) is 35.4 Å². The smallest absolute Gasteiger partial charge is 0.338 e. The molecule has 2 aromatic rings. The summed E-state index contributed by atoms with van der Waals surface area (Å²) in [7, 11) is 0. The number of carbonyl (C=O) groups excluding carboxylic acids is 1. The summed E-state index contributed by atoms with van der Waals surface area (Å²) in [6.45, 7) is 9.33. The molecule has 0 saturated heterocycles. The van der Waals surface area contributed by atoms with Crippen molar-refractivity contribution >= 4 is 5.97 Å². The fourth-order valence-electron chi connectivity index (χ4n) is 2.14. The van der Waals surface area contributed by atoms with Crippen LogP contribution in [0.2, 0.25) is 0 Å². The molecule has 0 aliphatic heterocycles. The van der Waals surface area contributed by atoms with Crippen LogP contribution in [-0.4, -0.2) is 15.9 Å². The highest BCUT2D eigenvalue weighted by Gasteiger charge is 2.16. The largest absolute Gasteiger partial charge is 0.423 e. The van der Waals surface area contributed by atoms with E-state index >= 15 is 0 Å². The highest BCUT2D eigenvalue weighted by atomic mass is 16.5. The van der Waals surface area contributed by atoms with Crippen molar-refractivity contribution in [3.63, 3.8) is 0 Å². The molecule has 2 aromatic heterocycles. The Hall–Kier alpha value is -2.49. The number of hydrogen-bond acceptors (Lipinski definition) is 4. The predicted molar refractivity (Wildman–Crippen MR) is 86.6 cm³/mol. The van der Waals surface area contributed by atoms with Crippen LogP contribution in [0.4, 0.5) is 0 Å². The third kappa shape index (κ3) is 3.58. The molecule has 0 aromatic carbocycles. The van der Waals surface area contributed by atoms with Crippen LogP contribution in [-0.2, 0) is 11.2 Å². The van der Waals surface area contributed by atoms with E-state index in [4.69, 9.17) is 4.74 Å². The van der Waals surface area contributed by atoms with Gasteiger partial charge in [-0.25, -0.2) is 4.79 Å². The van der Waals surface area contributed by atoms with Crippen molar-refractivity contribution in [2.45, 2.75) is 33.6 Å². The van der Waals surface area contributed by atoms with Gasteiger partial charge in [-0.3, -0.25) is 9.97 Å². The van der Waals surface area contributed by atoms with Gasteiger partial charge < -0.3 is 4.74 Å². The molecule has 0 bridgehead atoms. The molecular weight excluding hydrogens is 276 g/mol. The van der Waals surface area contributed by atoms with Gasteiger partial charge in [-0.15, -0.1) is 0 Å². The van der Waals surface area contributed by atoms with Crippen LogP contribution < -0.4 is 4.74 Å². The number of carbonyl (C=O) groups is 1. The molecule has 0 amide bonds. The van der Waals surface area contributed by atoms with Crippen LogP contribution >= 0.6 is 0 Å². The summed E-state index contributed by atoms with van der Waals surface area (Å²) < 4.78 is 5.45. The predicted octanol–water partition coefficient (Wildman–Crippen LogP) is 3.89. The number of rotatable bonds is 5. The number of esters is 1. The molecule has 0 saturated carbocycles. The fourth-order valence-corrected chi connectivity index (χ4v) is 2.14. The molecule has 0 spiro atoms. The van der Waals surface area contributed by atoms with E-state index in [1.807, 2.05) is 19.1 Å². The van der Waals surface area contributed by atoms with Crippen LogP contribution in [0.3, 0.4) is 0 Å². The lowest BCUT2D eigenvalue weighted by atomic mass is 10.0. The molecule has 0 radical (unpaired) electrons. The summed E-state index contributed by atoms with van der Waals surface area (Å²) in [5, 5.41) is 0. The lowest BCUT2D eigenvalue weighted by Crippen LogP contribution is -2.11. The molecule has 2 rings (SSSR count). The van der Waals surface area contributed by atoms with Gasteiger partial charge in [0.15, 0.2) is 0 Å². The van der Waals surface area contributed by atoms with E-state index < -0.39 is 5.97 Å². The highest BCUT2D eigenvalue weighted by Crippen LogP contribution is 2.29. The molecule has 0 aliphatic rings. The van der Waals surface area contributed by atoms with Crippen molar-refractivity contribution in [1.29, 1.82) is 0 Å². The Morgan fingerprint density at radius 3 is 2.64 bits per heavy atom. The molecule has 0 N–H and O–H groups in total. The summed E-state index contributed by atoms with van der Waals surface area (Å²) in [5.41, 5.74) is 3.93. The topological polar surface area (TPSA) is 52.1 Å². The minimum Gasteiger partial charge on any atom is -0.423 e. The SMILES string of the molecule is C=C(C)C(=O)Oc1ccnc(-c2cc(C)ccn2)c1CCC. The average Bonchev–Trinajstić information content (AvgIpc) is 2.49. The molecule has 0 fully saturated rings. The Morgan fingerprint density at radius 1 is 1.27 bits per heavy atom. The monoisotopic (exact) mass is 296 g/mol. The van der Waals surface area contributed by atoms with E-state index in [1.165, 1.54) is 0 Å². The molecule has 0 unspecified atom stereocenters. The van der Waals surface area contributed by atoms with Crippen molar-refractivity contribution in [3.05, 3.63) is 53.9 Å². The summed E-state index contributed by atoms with van der Waals surface area (Å²) in [6, 6.07) is 5.63. The second kappa shape index (κ2) is 6.98. The van der Waals surface area contributed by atoms with Crippen molar-refractivity contribution < 1.29 is 9.53 Å². The Balaban J connectivity index is 2.50. The number of aromatic nitrogens is 2. The van der Waals surface area contributed by atoms with E-state index in [9.17, 15) is 4.79 Å². The maximum absolute atomic E-state index is 11.8. The quantitative estimate of drug-likeness (QED) is 0.620.